The monoisotopic (exact) mass is 376 g/mol. The molecule has 4 aliphatic rings. The van der Waals surface area contributed by atoms with Crippen LogP contribution in [-0.2, 0) is 0 Å². The predicted molar refractivity (Wildman–Crippen MR) is 115 cm³/mol. The van der Waals surface area contributed by atoms with Crippen molar-refractivity contribution in [3.63, 3.8) is 0 Å². The maximum absolute atomic E-state index is 4.22. The molecule has 3 heteroatoms. The number of nitrogens with zero attached hydrogens (tertiary/aromatic N) is 1. The van der Waals surface area contributed by atoms with Gasteiger partial charge in [0.2, 0.25) is 0 Å². The van der Waals surface area contributed by atoms with E-state index in [1.807, 2.05) is 0 Å². The van der Waals surface area contributed by atoms with Crippen LogP contribution in [0.25, 0.3) is 0 Å². The van der Waals surface area contributed by atoms with Crippen molar-refractivity contribution in [3.05, 3.63) is 0 Å². The Morgan fingerprint density at radius 2 is 1.46 bits per heavy atom. The Bertz CT molecular complexity index is 511. The lowest BCUT2D eigenvalue weighted by molar-refractivity contribution is 0.124. The minimum Gasteiger partial charge on any atom is -0.332 e. The second kappa shape index (κ2) is 6.88. The molecule has 1 heterocycles. The summed E-state index contributed by atoms with van der Waals surface area (Å²) in [5.74, 6) is 4.13. The number of rotatable bonds is 3. The minimum atomic E-state index is -1.51. The molecule has 0 amide bonds. The molecule has 1 N–H and O–H groups in total. The van der Waals surface area contributed by atoms with Crippen LogP contribution in [0.1, 0.15) is 79.1 Å². The zero-order chi connectivity index (χ0) is 18.7. The van der Waals surface area contributed by atoms with Gasteiger partial charge in [-0.1, -0.05) is 52.1 Å². The van der Waals surface area contributed by atoms with Crippen molar-refractivity contribution in [1.82, 2.24) is 9.88 Å². The summed E-state index contributed by atoms with van der Waals surface area (Å²) in [6.45, 7) is 16.3. The van der Waals surface area contributed by atoms with Crippen molar-refractivity contribution in [2.24, 2.45) is 23.7 Å². The van der Waals surface area contributed by atoms with Crippen molar-refractivity contribution in [1.29, 1.82) is 0 Å². The molecule has 0 spiro atoms. The van der Waals surface area contributed by atoms with Gasteiger partial charge in [-0.3, -0.25) is 4.90 Å². The smallest absolute Gasteiger partial charge is 0.124 e. The third-order valence-corrected chi connectivity index (χ3v) is 12.4. The summed E-state index contributed by atoms with van der Waals surface area (Å²) >= 11 is 0. The van der Waals surface area contributed by atoms with Crippen LogP contribution >= 0.6 is 0 Å². The van der Waals surface area contributed by atoms with E-state index < -0.39 is 8.24 Å². The molecule has 2 nitrogen and oxygen atoms in total. The topological polar surface area (TPSA) is 15.3 Å². The first-order chi connectivity index (χ1) is 12.2. The third kappa shape index (κ3) is 3.14. The molecule has 150 valence electrons. The number of hydrogen-bond donors (Lipinski definition) is 1. The van der Waals surface area contributed by atoms with Crippen LogP contribution < -0.4 is 4.98 Å². The van der Waals surface area contributed by atoms with Crippen LogP contribution in [0, 0.1) is 23.7 Å². The minimum absolute atomic E-state index is 0.250. The van der Waals surface area contributed by atoms with Crippen LogP contribution in [0.2, 0.25) is 18.6 Å². The Balaban J connectivity index is 1.72. The summed E-state index contributed by atoms with van der Waals surface area (Å²) in [6.07, 6.45) is 12.1. The van der Waals surface area contributed by atoms with Crippen molar-refractivity contribution < 1.29 is 0 Å². The molecule has 0 aromatic rings. The highest BCUT2D eigenvalue weighted by molar-refractivity contribution is 6.76. The molecule has 0 radical (unpaired) electrons. The lowest BCUT2D eigenvalue weighted by atomic mass is 9.70. The maximum atomic E-state index is 4.22. The molecule has 0 aromatic heterocycles. The molecule has 3 saturated carbocycles. The van der Waals surface area contributed by atoms with E-state index >= 15 is 0 Å². The van der Waals surface area contributed by atoms with Gasteiger partial charge in [0.15, 0.2) is 0 Å². The first kappa shape index (κ1) is 19.5. The number of nitrogens with one attached hydrogen (secondary N) is 1. The zero-order valence-electron chi connectivity index (χ0n) is 18.4. The van der Waals surface area contributed by atoms with Crippen LogP contribution in [0.3, 0.4) is 0 Å². The van der Waals surface area contributed by atoms with E-state index in [0.717, 1.165) is 41.3 Å². The first-order valence-corrected chi connectivity index (χ1v) is 14.9. The molecule has 4 fully saturated rings. The van der Waals surface area contributed by atoms with Gasteiger partial charge in [0.25, 0.3) is 0 Å². The van der Waals surface area contributed by atoms with Gasteiger partial charge in [0, 0.05) is 17.6 Å². The molecular formula is C23H44N2Si. The van der Waals surface area contributed by atoms with Gasteiger partial charge in [0.05, 0.1) is 0 Å². The Kier molecular flexibility index (Phi) is 5.15. The van der Waals surface area contributed by atoms with E-state index in [2.05, 4.69) is 50.7 Å². The summed E-state index contributed by atoms with van der Waals surface area (Å²) in [5.41, 5.74) is 1.21. The molecule has 26 heavy (non-hydrogen) atoms. The highest BCUT2D eigenvalue weighted by Gasteiger charge is 2.64. The summed E-state index contributed by atoms with van der Waals surface area (Å²) in [6, 6.07) is 1.83. The van der Waals surface area contributed by atoms with Crippen molar-refractivity contribution in [2.45, 2.75) is 115 Å². The fourth-order valence-corrected chi connectivity index (χ4v) is 13.4. The van der Waals surface area contributed by atoms with Crippen LogP contribution in [0.5, 0.6) is 0 Å². The molecule has 7 atom stereocenters. The summed E-state index contributed by atoms with van der Waals surface area (Å²) in [7, 11) is -1.51. The van der Waals surface area contributed by atoms with E-state index in [9.17, 15) is 0 Å². The van der Waals surface area contributed by atoms with Crippen molar-refractivity contribution >= 4 is 8.24 Å². The largest absolute Gasteiger partial charge is 0.332 e. The van der Waals surface area contributed by atoms with E-state index in [-0.39, 0.29) is 5.54 Å². The SMILES string of the molecule is CCN1C2CCCCC2[C@H]2C3CCCCC3C([Si](C)(C)NC(C)(C)C)C21. The Morgan fingerprint density at radius 1 is 0.885 bits per heavy atom. The lowest BCUT2D eigenvalue weighted by Gasteiger charge is -2.47. The predicted octanol–water partition coefficient (Wildman–Crippen LogP) is 5.65. The summed E-state index contributed by atoms with van der Waals surface area (Å²) in [5, 5.41) is 0. The lowest BCUT2D eigenvalue weighted by Crippen LogP contribution is -2.61. The quantitative estimate of drug-likeness (QED) is 0.640. The second-order valence-corrected chi connectivity index (χ2v) is 16.0. The number of likely N-dealkylation sites (tertiary alicyclic amines) is 1. The fraction of sp³-hybridized carbons (Fsp3) is 1.00. The van der Waals surface area contributed by atoms with Crippen LogP contribution in [0.4, 0.5) is 0 Å². The Morgan fingerprint density at radius 3 is 2.08 bits per heavy atom. The van der Waals surface area contributed by atoms with Crippen molar-refractivity contribution in [3.8, 4) is 0 Å². The average molecular weight is 377 g/mol. The Labute approximate surface area is 164 Å². The van der Waals surface area contributed by atoms with Crippen LogP contribution in [0.15, 0.2) is 0 Å². The highest BCUT2D eigenvalue weighted by atomic mass is 28.3. The van der Waals surface area contributed by atoms with Crippen LogP contribution in [-0.4, -0.2) is 37.3 Å². The Hall–Kier alpha value is 0.137. The van der Waals surface area contributed by atoms with Gasteiger partial charge in [-0.05, 0) is 75.8 Å². The first-order valence-electron chi connectivity index (χ1n) is 11.8. The maximum Gasteiger partial charge on any atom is 0.124 e. The molecule has 1 aliphatic heterocycles. The molecule has 3 aliphatic carbocycles. The average Bonchev–Trinajstić information content (AvgIpc) is 3.04. The molecule has 1 saturated heterocycles. The zero-order valence-corrected chi connectivity index (χ0v) is 19.4. The van der Waals surface area contributed by atoms with Crippen molar-refractivity contribution in [2.75, 3.05) is 6.54 Å². The van der Waals surface area contributed by atoms with Gasteiger partial charge in [-0.15, -0.1) is 0 Å². The number of fused-ring (bicyclic) bond motifs is 5. The van der Waals surface area contributed by atoms with E-state index in [1.165, 1.54) is 51.5 Å². The number of hydrogen-bond acceptors (Lipinski definition) is 2. The van der Waals surface area contributed by atoms with Gasteiger partial charge < -0.3 is 4.98 Å². The summed E-state index contributed by atoms with van der Waals surface area (Å²) in [4.78, 5) is 7.27. The highest BCUT2D eigenvalue weighted by Crippen LogP contribution is 2.64. The molecule has 4 rings (SSSR count). The van der Waals surface area contributed by atoms with E-state index in [1.54, 1.807) is 6.42 Å². The third-order valence-electron chi connectivity index (χ3n) is 8.57. The molecule has 0 bridgehead atoms. The fourth-order valence-electron chi connectivity index (χ4n) is 8.54. The molecule has 0 aromatic carbocycles. The molecular weight excluding hydrogens is 332 g/mol. The van der Waals surface area contributed by atoms with Gasteiger partial charge in [0.1, 0.15) is 8.24 Å². The standard InChI is InChI=1S/C23H44N2Si/c1-7-25-19-15-11-10-14-18(19)20-16-12-8-9-13-17(16)22(21(20)25)26(5,6)24-23(2,3)4/h16-22,24H,7-15H2,1-6H3/t16?,17?,18?,19?,20-,21?,22?/m1/s1. The molecule has 6 unspecified atom stereocenters. The van der Waals surface area contributed by atoms with Gasteiger partial charge in [-0.2, -0.15) is 0 Å². The van der Waals surface area contributed by atoms with E-state index in [4.69, 9.17) is 0 Å². The van der Waals surface area contributed by atoms with Gasteiger partial charge >= 0.3 is 0 Å². The van der Waals surface area contributed by atoms with E-state index in [0.29, 0.717) is 0 Å². The summed E-state index contributed by atoms with van der Waals surface area (Å²) < 4.78 is 0. The second-order valence-electron chi connectivity index (χ2n) is 11.6. The van der Waals surface area contributed by atoms with Gasteiger partial charge in [-0.25, -0.2) is 0 Å². The normalized spacial score (nSPS) is 43.8.